The Kier molecular flexibility index (Phi) is 4.46. The summed E-state index contributed by atoms with van der Waals surface area (Å²) in [4.78, 5) is 8.19. The van der Waals surface area contributed by atoms with E-state index in [4.69, 9.17) is 16.3 Å². The third-order valence-corrected chi connectivity index (χ3v) is 1.98. The molecule has 0 fully saturated rings. The van der Waals surface area contributed by atoms with E-state index in [0.29, 0.717) is 17.7 Å². The number of methoxy groups -OCH3 is 1. The number of nitrogens with one attached hydrogen (secondary N) is 1. The molecule has 1 N–H and O–H groups in total. The lowest BCUT2D eigenvalue weighted by Gasteiger charge is -2.11. The summed E-state index contributed by atoms with van der Waals surface area (Å²) in [5, 5.41) is 3.13. The van der Waals surface area contributed by atoms with Crippen LogP contribution in [0, 0.1) is 0 Å². The second kappa shape index (κ2) is 5.65. The lowest BCUT2D eigenvalue weighted by atomic mass is 10.3. The van der Waals surface area contributed by atoms with Gasteiger partial charge in [-0.05, 0) is 13.3 Å². The zero-order valence-corrected chi connectivity index (χ0v) is 9.08. The standard InChI is InChI=1S/C9H14ClN3O/c1-7(3-5-10)12-9-11-6-4-8(13-9)14-2/h4,6-7H,3,5H2,1-2H3,(H,11,12,13). The maximum atomic E-state index is 5.62. The molecule has 0 aromatic carbocycles. The second-order valence-corrected chi connectivity index (χ2v) is 3.32. The fourth-order valence-electron chi connectivity index (χ4n) is 0.982. The Hall–Kier alpha value is -1.03. The maximum absolute atomic E-state index is 5.62. The molecule has 5 heteroatoms. The average Bonchev–Trinajstić information content (AvgIpc) is 2.18. The molecule has 1 heterocycles. The Bertz CT molecular complexity index is 283. The minimum Gasteiger partial charge on any atom is -0.481 e. The van der Waals surface area contributed by atoms with Gasteiger partial charge in [0.2, 0.25) is 11.8 Å². The largest absolute Gasteiger partial charge is 0.481 e. The van der Waals surface area contributed by atoms with E-state index in [1.807, 2.05) is 6.92 Å². The molecule has 0 amide bonds. The number of hydrogen-bond acceptors (Lipinski definition) is 4. The third-order valence-electron chi connectivity index (χ3n) is 1.76. The molecule has 0 aliphatic rings. The van der Waals surface area contributed by atoms with E-state index in [1.165, 1.54) is 0 Å². The van der Waals surface area contributed by atoms with Crippen LogP contribution in [-0.2, 0) is 0 Å². The van der Waals surface area contributed by atoms with Gasteiger partial charge < -0.3 is 10.1 Å². The van der Waals surface area contributed by atoms with Gasteiger partial charge in [0.15, 0.2) is 0 Å². The molecular formula is C9H14ClN3O. The number of alkyl halides is 1. The van der Waals surface area contributed by atoms with Gasteiger partial charge in [0, 0.05) is 24.2 Å². The zero-order valence-electron chi connectivity index (χ0n) is 8.33. The Morgan fingerprint density at radius 1 is 1.64 bits per heavy atom. The van der Waals surface area contributed by atoms with Crippen LogP contribution < -0.4 is 10.1 Å². The highest BCUT2D eigenvalue weighted by atomic mass is 35.5. The van der Waals surface area contributed by atoms with Crippen LogP contribution in [0.2, 0.25) is 0 Å². The zero-order chi connectivity index (χ0) is 10.4. The molecule has 4 nitrogen and oxygen atoms in total. The van der Waals surface area contributed by atoms with Crippen LogP contribution in [0.15, 0.2) is 12.3 Å². The molecule has 14 heavy (non-hydrogen) atoms. The summed E-state index contributed by atoms with van der Waals surface area (Å²) in [5.74, 6) is 1.75. The summed E-state index contributed by atoms with van der Waals surface area (Å²) in [6.45, 7) is 2.03. The van der Waals surface area contributed by atoms with Crippen molar-refractivity contribution in [3.63, 3.8) is 0 Å². The van der Waals surface area contributed by atoms with Crippen molar-refractivity contribution in [2.75, 3.05) is 18.3 Å². The van der Waals surface area contributed by atoms with Crippen LogP contribution in [0.3, 0.4) is 0 Å². The van der Waals surface area contributed by atoms with Crippen molar-refractivity contribution in [3.05, 3.63) is 12.3 Å². The number of ether oxygens (including phenoxy) is 1. The topological polar surface area (TPSA) is 47.0 Å². The highest BCUT2D eigenvalue weighted by Gasteiger charge is 2.03. The van der Waals surface area contributed by atoms with Crippen LogP contribution in [0.25, 0.3) is 0 Å². The summed E-state index contributed by atoms with van der Waals surface area (Å²) in [5.41, 5.74) is 0. The van der Waals surface area contributed by atoms with Crippen LogP contribution in [0.1, 0.15) is 13.3 Å². The van der Waals surface area contributed by atoms with Crippen molar-refractivity contribution < 1.29 is 4.74 Å². The lowest BCUT2D eigenvalue weighted by molar-refractivity contribution is 0.397. The first-order valence-corrected chi connectivity index (χ1v) is 4.99. The molecule has 0 radical (unpaired) electrons. The Balaban J connectivity index is 2.57. The van der Waals surface area contributed by atoms with Gasteiger partial charge in [0.25, 0.3) is 0 Å². The predicted molar refractivity (Wildman–Crippen MR) is 57.0 cm³/mol. The lowest BCUT2D eigenvalue weighted by Crippen LogP contribution is -2.17. The van der Waals surface area contributed by atoms with Gasteiger partial charge in [-0.15, -0.1) is 11.6 Å². The van der Waals surface area contributed by atoms with Gasteiger partial charge in [0.1, 0.15) is 0 Å². The molecule has 1 aromatic rings. The van der Waals surface area contributed by atoms with Crippen molar-refractivity contribution in [1.82, 2.24) is 9.97 Å². The number of hydrogen-bond donors (Lipinski definition) is 1. The Morgan fingerprint density at radius 2 is 2.43 bits per heavy atom. The maximum Gasteiger partial charge on any atom is 0.226 e. The normalized spacial score (nSPS) is 12.2. The van der Waals surface area contributed by atoms with E-state index >= 15 is 0 Å². The molecule has 78 valence electrons. The molecule has 0 bridgehead atoms. The van der Waals surface area contributed by atoms with Crippen molar-refractivity contribution in [2.45, 2.75) is 19.4 Å². The second-order valence-electron chi connectivity index (χ2n) is 2.95. The molecule has 0 saturated carbocycles. The predicted octanol–water partition coefficient (Wildman–Crippen LogP) is 1.91. The molecule has 1 unspecified atom stereocenters. The quantitative estimate of drug-likeness (QED) is 0.763. The fraction of sp³-hybridized carbons (Fsp3) is 0.556. The van der Waals surface area contributed by atoms with E-state index in [9.17, 15) is 0 Å². The first kappa shape index (κ1) is 11.0. The van der Waals surface area contributed by atoms with Crippen LogP contribution in [0.5, 0.6) is 5.88 Å². The number of nitrogens with zero attached hydrogens (tertiary/aromatic N) is 2. The van der Waals surface area contributed by atoms with Crippen molar-refractivity contribution in [1.29, 1.82) is 0 Å². The van der Waals surface area contributed by atoms with Crippen molar-refractivity contribution in [3.8, 4) is 5.88 Å². The molecule has 0 saturated heterocycles. The first-order chi connectivity index (χ1) is 6.76. The van der Waals surface area contributed by atoms with Gasteiger partial charge >= 0.3 is 0 Å². The van der Waals surface area contributed by atoms with Gasteiger partial charge in [-0.1, -0.05) is 0 Å². The fourth-order valence-corrected chi connectivity index (χ4v) is 1.31. The van der Waals surface area contributed by atoms with Crippen LogP contribution in [-0.4, -0.2) is 29.0 Å². The number of rotatable bonds is 5. The van der Waals surface area contributed by atoms with Gasteiger partial charge in [-0.2, -0.15) is 4.98 Å². The highest BCUT2D eigenvalue weighted by molar-refractivity contribution is 6.17. The SMILES string of the molecule is COc1ccnc(NC(C)CCCl)n1. The monoisotopic (exact) mass is 215 g/mol. The van der Waals surface area contributed by atoms with E-state index in [-0.39, 0.29) is 6.04 Å². The summed E-state index contributed by atoms with van der Waals surface area (Å²) < 4.78 is 4.98. The van der Waals surface area contributed by atoms with Crippen LogP contribution in [0.4, 0.5) is 5.95 Å². The van der Waals surface area contributed by atoms with E-state index < -0.39 is 0 Å². The third kappa shape index (κ3) is 3.38. The number of anilines is 1. The van der Waals surface area contributed by atoms with Gasteiger partial charge in [-0.25, -0.2) is 4.98 Å². The summed E-state index contributed by atoms with van der Waals surface area (Å²) in [6.07, 6.45) is 2.53. The summed E-state index contributed by atoms with van der Waals surface area (Å²) in [7, 11) is 1.58. The molecule has 0 aliphatic heterocycles. The smallest absolute Gasteiger partial charge is 0.226 e. The first-order valence-electron chi connectivity index (χ1n) is 4.45. The Morgan fingerprint density at radius 3 is 3.07 bits per heavy atom. The molecule has 1 aromatic heterocycles. The summed E-state index contributed by atoms with van der Waals surface area (Å²) in [6, 6.07) is 1.97. The molecule has 1 rings (SSSR count). The highest BCUT2D eigenvalue weighted by Crippen LogP contribution is 2.09. The Labute approximate surface area is 88.7 Å². The molecule has 0 spiro atoms. The van der Waals surface area contributed by atoms with Gasteiger partial charge in [0.05, 0.1) is 7.11 Å². The van der Waals surface area contributed by atoms with E-state index in [1.54, 1.807) is 19.4 Å². The number of halogens is 1. The molecule has 1 atom stereocenters. The van der Waals surface area contributed by atoms with Gasteiger partial charge in [-0.3, -0.25) is 0 Å². The average molecular weight is 216 g/mol. The number of aromatic nitrogens is 2. The minimum absolute atomic E-state index is 0.264. The van der Waals surface area contributed by atoms with E-state index in [0.717, 1.165) is 6.42 Å². The van der Waals surface area contributed by atoms with Crippen molar-refractivity contribution in [2.24, 2.45) is 0 Å². The van der Waals surface area contributed by atoms with Crippen LogP contribution >= 0.6 is 11.6 Å². The summed E-state index contributed by atoms with van der Waals surface area (Å²) >= 11 is 5.62. The molecular weight excluding hydrogens is 202 g/mol. The molecule has 0 aliphatic carbocycles. The van der Waals surface area contributed by atoms with E-state index in [2.05, 4.69) is 15.3 Å². The van der Waals surface area contributed by atoms with Crippen molar-refractivity contribution >= 4 is 17.5 Å². The minimum atomic E-state index is 0.264.